The van der Waals surface area contributed by atoms with E-state index in [0.29, 0.717) is 31.2 Å². The van der Waals surface area contributed by atoms with Crippen molar-refractivity contribution in [2.75, 3.05) is 6.54 Å². The van der Waals surface area contributed by atoms with E-state index in [-0.39, 0.29) is 11.8 Å². The van der Waals surface area contributed by atoms with Gasteiger partial charge in [-0.3, -0.25) is 4.79 Å². The molecule has 1 aliphatic rings. The zero-order valence-electron chi connectivity index (χ0n) is 15.8. The van der Waals surface area contributed by atoms with Gasteiger partial charge >= 0.3 is 0 Å². The van der Waals surface area contributed by atoms with Gasteiger partial charge in [0.2, 0.25) is 17.7 Å². The van der Waals surface area contributed by atoms with Gasteiger partial charge in [-0.05, 0) is 36.1 Å². The molecule has 6 nitrogen and oxygen atoms in total. The highest BCUT2D eigenvalue weighted by Gasteiger charge is 2.29. The third-order valence-electron chi connectivity index (χ3n) is 4.94. The molecule has 0 radical (unpaired) electrons. The van der Waals surface area contributed by atoms with Crippen molar-refractivity contribution in [2.24, 2.45) is 5.92 Å². The number of thiazole rings is 1. The molecule has 5 rings (SSSR count). The van der Waals surface area contributed by atoms with E-state index in [2.05, 4.69) is 45.8 Å². The van der Waals surface area contributed by atoms with E-state index < -0.39 is 0 Å². The van der Waals surface area contributed by atoms with E-state index in [4.69, 9.17) is 9.40 Å². The summed E-state index contributed by atoms with van der Waals surface area (Å²) in [5, 5.41) is 12.1. The Morgan fingerprint density at radius 2 is 1.90 bits per heavy atom. The van der Waals surface area contributed by atoms with Crippen molar-refractivity contribution < 1.29 is 9.21 Å². The Bertz CT molecular complexity index is 1150. The van der Waals surface area contributed by atoms with Gasteiger partial charge in [-0.25, -0.2) is 4.98 Å². The first kappa shape index (κ1) is 18.0. The van der Waals surface area contributed by atoms with Crippen LogP contribution in [-0.2, 0) is 17.6 Å². The number of amides is 1. The van der Waals surface area contributed by atoms with Crippen LogP contribution < -0.4 is 5.32 Å². The molecule has 2 heterocycles. The molecular formula is C22H20N4O2S. The molecule has 0 atom stereocenters. The van der Waals surface area contributed by atoms with E-state index in [9.17, 15) is 4.79 Å². The van der Waals surface area contributed by atoms with Crippen LogP contribution in [0, 0.1) is 5.92 Å². The fourth-order valence-electron chi connectivity index (χ4n) is 3.23. The van der Waals surface area contributed by atoms with Crippen LogP contribution in [0.5, 0.6) is 0 Å². The highest BCUT2D eigenvalue weighted by atomic mass is 32.1. The van der Waals surface area contributed by atoms with Crippen molar-refractivity contribution >= 4 is 27.5 Å². The third kappa shape index (κ3) is 4.19. The Morgan fingerprint density at radius 3 is 2.72 bits per heavy atom. The van der Waals surface area contributed by atoms with Gasteiger partial charge in [0.1, 0.15) is 5.01 Å². The van der Waals surface area contributed by atoms with Gasteiger partial charge in [0.15, 0.2) is 0 Å². The number of carbonyl (C=O) groups is 1. The first-order valence-electron chi connectivity index (χ1n) is 9.78. The maximum Gasteiger partial charge on any atom is 0.223 e. The van der Waals surface area contributed by atoms with Gasteiger partial charge in [-0.1, -0.05) is 36.4 Å². The molecule has 0 aliphatic heterocycles. The van der Waals surface area contributed by atoms with Gasteiger partial charge in [-0.15, -0.1) is 21.5 Å². The Balaban J connectivity index is 1.24. The predicted octanol–water partition coefficient (Wildman–Crippen LogP) is 4.01. The van der Waals surface area contributed by atoms with E-state index in [1.54, 1.807) is 11.3 Å². The number of benzene rings is 2. The molecule has 0 unspecified atom stereocenters. The maximum absolute atomic E-state index is 11.7. The molecule has 1 fully saturated rings. The normalized spacial score (nSPS) is 13.7. The second-order valence-corrected chi connectivity index (χ2v) is 8.35. The van der Waals surface area contributed by atoms with Gasteiger partial charge in [0.25, 0.3) is 0 Å². The average molecular weight is 404 g/mol. The Labute approximate surface area is 172 Å². The number of hydrogen-bond acceptors (Lipinski definition) is 6. The highest BCUT2D eigenvalue weighted by Crippen LogP contribution is 2.29. The predicted molar refractivity (Wildman–Crippen MR) is 112 cm³/mol. The van der Waals surface area contributed by atoms with Crippen molar-refractivity contribution in [3.63, 3.8) is 0 Å². The topological polar surface area (TPSA) is 80.9 Å². The Kier molecular flexibility index (Phi) is 4.81. The van der Waals surface area contributed by atoms with Crippen LogP contribution in [0.2, 0.25) is 0 Å². The number of rotatable bonds is 7. The van der Waals surface area contributed by atoms with Crippen molar-refractivity contribution in [1.82, 2.24) is 20.5 Å². The highest BCUT2D eigenvalue weighted by molar-refractivity contribution is 7.18. The number of nitrogens with one attached hydrogen (secondary N) is 1. The van der Waals surface area contributed by atoms with Crippen LogP contribution in [0.1, 0.15) is 29.6 Å². The summed E-state index contributed by atoms with van der Waals surface area (Å²) >= 11 is 1.65. The summed E-state index contributed by atoms with van der Waals surface area (Å²) in [7, 11) is 0. The molecule has 1 amide bonds. The minimum atomic E-state index is 0.133. The van der Waals surface area contributed by atoms with E-state index >= 15 is 0 Å². The molecule has 0 spiro atoms. The summed E-state index contributed by atoms with van der Waals surface area (Å²) in [6.45, 7) is 0.528. The third-order valence-corrected chi connectivity index (χ3v) is 5.96. The number of fused-ring (bicyclic) bond motifs is 1. The number of nitrogens with zero attached hydrogens (tertiary/aromatic N) is 3. The van der Waals surface area contributed by atoms with Crippen LogP contribution in [0.15, 0.2) is 52.9 Å². The summed E-state index contributed by atoms with van der Waals surface area (Å²) in [5.74, 6) is 1.45. The average Bonchev–Trinajstić information content (AvgIpc) is 3.39. The van der Waals surface area contributed by atoms with Crippen molar-refractivity contribution in [3.05, 3.63) is 65.3 Å². The quantitative estimate of drug-likeness (QED) is 0.503. The largest absolute Gasteiger partial charge is 0.425 e. The van der Waals surface area contributed by atoms with Gasteiger partial charge in [0.05, 0.1) is 16.6 Å². The number of hydrogen-bond donors (Lipinski definition) is 1. The molecule has 0 saturated heterocycles. The molecule has 1 aliphatic carbocycles. The summed E-state index contributed by atoms with van der Waals surface area (Å²) < 4.78 is 6.87. The first-order valence-corrected chi connectivity index (χ1v) is 10.6. The van der Waals surface area contributed by atoms with Crippen LogP contribution in [0.3, 0.4) is 0 Å². The second kappa shape index (κ2) is 7.75. The fraction of sp³-hybridized carbons (Fsp3) is 0.273. The van der Waals surface area contributed by atoms with Crippen molar-refractivity contribution in [1.29, 1.82) is 0 Å². The van der Waals surface area contributed by atoms with Crippen LogP contribution in [0.4, 0.5) is 0 Å². The molecule has 7 heteroatoms. The van der Waals surface area contributed by atoms with Gasteiger partial charge in [-0.2, -0.15) is 0 Å². The number of aromatic nitrogens is 3. The van der Waals surface area contributed by atoms with Crippen molar-refractivity contribution in [3.8, 4) is 11.1 Å². The fourth-order valence-corrected chi connectivity index (χ4v) is 4.23. The summed E-state index contributed by atoms with van der Waals surface area (Å²) in [4.78, 5) is 16.4. The maximum atomic E-state index is 11.7. The van der Waals surface area contributed by atoms with Crippen LogP contribution in [0.25, 0.3) is 21.3 Å². The first-order chi connectivity index (χ1) is 14.2. The molecule has 1 saturated carbocycles. The minimum absolute atomic E-state index is 0.133. The van der Waals surface area contributed by atoms with Gasteiger partial charge in [0, 0.05) is 18.9 Å². The summed E-state index contributed by atoms with van der Waals surface area (Å²) in [6.07, 6.45) is 3.07. The Hall–Kier alpha value is -3.06. The van der Waals surface area contributed by atoms with Crippen LogP contribution in [-0.4, -0.2) is 27.6 Å². The smallest absolute Gasteiger partial charge is 0.223 e. The molecule has 1 N–H and O–H groups in total. The number of carbonyl (C=O) groups excluding carboxylic acids is 1. The van der Waals surface area contributed by atoms with Gasteiger partial charge < -0.3 is 9.73 Å². The van der Waals surface area contributed by atoms with E-state index in [1.165, 1.54) is 11.1 Å². The molecule has 2 aromatic heterocycles. The molecule has 2 aromatic carbocycles. The molecule has 4 aromatic rings. The molecule has 0 bridgehead atoms. The SMILES string of the molecule is O=C(NCCc1nnc(Cc2nc3ccc(-c4ccccc4)cc3s2)o1)C1CC1. The van der Waals surface area contributed by atoms with E-state index in [0.717, 1.165) is 28.1 Å². The molecule has 29 heavy (non-hydrogen) atoms. The summed E-state index contributed by atoms with van der Waals surface area (Å²) in [6, 6.07) is 16.7. The molecule has 146 valence electrons. The zero-order chi connectivity index (χ0) is 19.6. The van der Waals surface area contributed by atoms with E-state index in [1.807, 2.05) is 18.2 Å². The monoisotopic (exact) mass is 404 g/mol. The Morgan fingerprint density at radius 1 is 1.07 bits per heavy atom. The lowest BCUT2D eigenvalue weighted by atomic mass is 10.1. The molecular weight excluding hydrogens is 384 g/mol. The summed E-state index contributed by atoms with van der Waals surface area (Å²) in [5.41, 5.74) is 3.36. The minimum Gasteiger partial charge on any atom is -0.425 e. The lowest BCUT2D eigenvalue weighted by Gasteiger charge is -2.00. The van der Waals surface area contributed by atoms with Crippen molar-refractivity contribution in [2.45, 2.75) is 25.7 Å². The van der Waals surface area contributed by atoms with Crippen LogP contribution >= 0.6 is 11.3 Å². The standard InChI is InChI=1S/C22H20N4O2S/c27-22(15-6-7-15)23-11-10-19-25-26-20(28-19)13-21-24-17-9-8-16(12-18(17)29-21)14-4-2-1-3-5-14/h1-5,8-9,12,15H,6-7,10-11,13H2,(H,23,27). The lowest BCUT2D eigenvalue weighted by Crippen LogP contribution is -2.26. The zero-order valence-corrected chi connectivity index (χ0v) is 16.6. The second-order valence-electron chi connectivity index (χ2n) is 7.24. The lowest BCUT2D eigenvalue weighted by molar-refractivity contribution is -0.122.